The lowest BCUT2D eigenvalue weighted by atomic mass is 10.0. The number of anilines is 1. The normalized spacial score (nSPS) is 9.95. The second-order valence-corrected chi connectivity index (χ2v) is 4.15. The average Bonchev–Trinajstić information content (AvgIpc) is 2.41. The Balaban J connectivity index is 2.04. The summed E-state index contributed by atoms with van der Waals surface area (Å²) >= 11 is 0. The number of benzene rings is 2. The first-order valence-corrected chi connectivity index (χ1v) is 5.89. The minimum atomic E-state index is -1.05. The van der Waals surface area contributed by atoms with Gasteiger partial charge in [-0.25, -0.2) is 4.79 Å². The first kappa shape index (κ1) is 13.0. The van der Waals surface area contributed by atoms with Crippen LogP contribution in [0.4, 0.5) is 10.5 Å². The number of ether oxygens (including phenoxy) is 1. The Labute approximate surface area is 111 Å². The molecule has 0 aromatic heterocycles. The van der Waals surface area contributed by atoms with Crippen molar-refractivity contribution in [3.8, 4) is 5.75 Å². The molecule has 0 atom stereocenters. The van der Waals surface area contributed by atoms with Crippen LogP contribution >= 0.6 is 0 Å². The predicted octanol–water partition coefficient (Wildman–Crippen LogP) is 3.38. The van der Waals surface area contributed by atoms with Crippen molar-refractivity contribution in [1.29, 1.82) is 0 Å². The fraction of sp³-hybridized carbons (Fsp3) is 0.133. The molecule has 0 fully saturated rings. The molecule has 2 N–H and O–H groups in total. The third kappa shape index (κ3) is 3.74. The quantitative estimate of drug-likeness (QED) is 0.882. The van der Waals surface area contributed by atoms with Crippen LogP contribution in [-0.4, -0.2) is 18.3 Å². The molecule has 0 bridgehead atoms. The maximum atomic E-state index is 10.5. The van der Waals surface area contributed by atoms with Gasteiger partial charge in [0.05, 0.1) is 7.11 Å². The average molecular weight is 257 g/mol. The van der Waals surface area contributed by atoms with Crippen LogP contribution in [0.25, 0.3) is 0 Å². The Morgan fingerprint density at radius 3 is 2.05 bits per heavy atom. The monoisotopic (exact) mass is 257 g/mol. The molecule has 2 aromatic carbocycles. The Morgan fingerprint density at radius 1 is 1.05 bits per heavy atom. The fourth-order valence-electron chi connectivity index (χ4n) is 1.81. The van der Waals surface area contributed by atoms with Crippen LogP contribution in [0.2, 0.25) is 0 Å². The summed E-state index contributed by atoms with van der Waals surface area (Å²) < 4.78 is 5.11. The number of hydrogen-bond acceptors (Lipinski definition) is 2. The van der Waals surface area contributed by atoms with E-state index < -0.39 is 6.09 Å². The Kier molecular flexibility index (Phi) is 4.03. The Bertz CT molecular complexity index is 547. The van der Waals surface area contributed by atoms with Gasteiger partial charge in [0.15, 0.2) is 0 Å². The topological polar surface area (TPSA) is 58.6 Å². The predicted molar refractivity (Wildman–Crippen MR) is 73.9 cm³/mol. The molecule has 0 spiro atoms. The fourth-order valence-corrected chi connectivity index (χ4v) is 1.81. The molecular formula is C15H15NO3. The van der Waals surface area contributed by atoms with E-state index in [9.17, 15) is 4.79 Å². The molecule has 0 aliphatic carbocycles. The van der Waals surface area contributed by atoms with Crippen LogP contribution in [0, 0.1) is 0 Å². The molecule has 0 saturated heterocycles. The van der Waals surface area contributed by atoms with Gasteiger partial charge < -0.3 is 9.84 Å². The summed E-state index contributed by atoms with van der Waals surface area (Å²) in [5.41, 5.74) is 2.88. The second-order valence-electron chi connectivity index (χ2n) is 4.15. The van der Waals surface area contributed by atoms with Crippen LogP contribution in [0.15, 0.2) is 48.5 Å². The van der Waals surface area contributed by atoms with Crippen LogP contribution in [0.1, 0.15) is 11.1 Å². The molecule has 0 saturated carbocycles. The van der Waals surface area contributed by atoms with Gasteiger partial charge in [-0.1, -0.05) is 24.3 Å². The SMILES string of the molecule is COc1ccc(Cc2ccc(NC(=O)O)cc2)cc1. The number of carbonyl (C=O) groups is 1. The zero-order valence-electron chi connectivity index (χ0n) is 10.6. The minimum Gasteiger partial charge on any atom is -0.497 e. The molecule has 0 heterocycles. The molecule has 2 aromatic rings. The van der Waals surface area contributed by atoms with Crippen molar-refractivity contribution in [2.75, 3.05) is 12.4 Å². The van der Waals surface area contributed by atoms with Crippen molar-refractivity contribution in [1.82, 2.24) is 0 Å². The highest BCUT2D eigenvalue weighted by molar-refractivity contribution is 5.82. The highest BCUT2D eigenvalue weighted by Crippen LogP contribution is 2.16. The van der Waals surface area contributed by atoms with Gasteiger partial charge in [-0.05, 0) is 41.8 Å². The van der Waals surface area contributed by atoms with Crippen molar-refractivity contribution in [2.24, 2.45) is 0 Å². The third-order valence-electron chi connectivity index (χ3n) is 2.77. The molecule has 0 unspecified atom stereocenters. The summed E-state index contributed by atoms with van der Waals surface area (Å²) in [7, 11) is 1.64. The molecule has 19 heavy (non-hydrogen) atoms. The zero-order chi connectivity index (χ0) is 13.7. The van der Waals surface area contributed by atoms with Crippen LogP contribution in [-0.2, 0) is 6.42 Å². The molecule has 2 rings (SSSR count). The number of methoxy groups -OCH3 is 1. The lowest BCUT2D eigenvalue weighted by Crippen LogP contribution is -2.06. The van der Waals surface area contributed by atoms with Gasteiger partial charge >= 0.3 is 6.09 Å². The smallest absolute Gasteiger partial charge is 0.409 e. The summed E-state index contributed by atoms with van der Waals surface area (Å²) in [5, 5.41) is 10.9. The number of carboxylic acid groups (broad SMARTS) is 1. The van der Waals surface area contributed by atoms with Gasteiger partial charge in [0.25, 0.3) is 0 Å². The molecule has 0 radical (unpaired) electrons. The number of rotatable bonds is 4. The summed E-state index contributed by atoms with van der Waals surface area (Å²) in [6.07, 6.45) is -0.250. The Morgan fingerprint density at radius 2 is 1.58 bits per heavy atom. The molecule has 4 heteroatoms. The van der Waals surface area contributed by atoms with Crippen LogP contribution in [0.3, 0.4) is 0 Å². The second kappa shape index (κ2) is 5.91. The zero-order valence-corrected chi connectivity index (χ0v) is 10.6. The van der Waals surface area contributed by atoms with Crippen molar-refractivity contribution < 1.29 is 14.6 Å². The van der Waals surface area contributed by atoms with Gasteiger partial charge in [0.2, 0.25) is 0 Å². The lowest BCUT2D eigenvalue weighted by molar-refractivity contribution is 0.210. The lowest BCUT2D eigenvalue weighted by Gasteiger charge is -2.05. The number of amides is 1. The van der Waals surface area contributed by atoms with Crippen molar-refractivity contribution in [3.05, 3.63) is 59.7 Å². The molecular weight excluding hydrogens is 242 g/mol. The molecule has 98 valence electrons. The van der Waals surface area contributed by atoms with E-state index in [0.29, 0.717) is 5.69 Å². The van der Waals surface area contributed by atoms with Crippen molar-refractivity contribution in [3.63, 3.8) is 0 Å². The summed E-state index contributed by atoms with van der Waals surface area (Å²) in [6.45, 7) is 0. The van der Waals surface area contributed by atoms with Gasteiger partial charge in [0, 0.05) is 5.69 Å². The van der Waals surface area contributed by atoms with E-state index in [1.807, 2.05) is 36.4 Å². The summed E-state index contributed by atoms with van der Waals surface area (Å²) in [5.74, 6) is 0.838. The van der Waals surface area contributed by atoms with Crippen LogP contribution in [0.5, 0.6) is 5.75 Å². The highest BCUT2D eigenvalue weighted by Gasteiger charge is 2.00. The van der Waals surface area contributed by atoms with E-state index in [1.54, 1.807) is 19.2 Å². The maximum absolute atomic E-state index is 10.5. The standard InChI is InChI=1S/C15H15NO3/c1-19-14-8-4-12(5-9-14)10-11-2-6-13(7-3-11)16-15(17)18/h2-9,16H,10H2,1H3,(H,17,18). The largest absolute Gasteiger partial charge is 0.497 e. The summed E-state index contributed by atoms with van der Waals surface area (Å²) in [6, 6.07) is 15.2. The van der Waals surface area contributed by atoms with E-state index in [4.69, 9.17) is 9.84 Å². The first-order valence-electron chi connectivity index (χ1n) is 5.89. The third-order valence-corrected chi connectivity index (χ3v) is 2.77. The van der Waals surface area contributed by atoms with Gasteiger partial charge in [-0.15, -0.1) is 0 Å². The molecule has 0 aliphatic rings. The van der Waals surface area contributed by atoms with Crippen LogP contribution < -0.4 is 10.1 Å². The van der Waals surface area contributed by atoms with Crippen molar-refractivity contribution >= 4 is 11.8 Å². The van der Waals surface area contributed by atoms with Crippen molar-refractivity contribution in [2.45, 2.75) is 6.42 Å². The van der Waals surface area contributed by atoms with E-state index >= 15 is 0 Å². The van der Waals surface area contributed by atoms with Gasteiger partial charge in [-0.3, -0.25) is 5.32 Å². The molecule has 4 nitrogen and oxygen atoms in total. The number of nitrogens with one attached hydrogen (secondary N) is 1. The maximum Gasteiger partial charge on any atom is 0.409 e. The van der Waals surface area contributed by atoms with E-state index in [2.05, 4.69) is 5.32 Å². The first-order chi connectivity index (χ1) is 9.17. The molecule has 0 aliphatic heterocycles. The van der Waals surface area contributed by atoms with E-state index in [0.717, 1.165) is 17.7 Å². The minimum absolute atomic E-state index is 0.575. The molecule has 1 amide bonds. The highest BCUT2D eigenvalue weighted by atomic mass is 16.5. The number of hydrogen-bond donors (Lipinski definition) is 2. The summed E-state index contributed by atoms with van der Waals surface area (Å²) in [4.78, 5) is 10.5. The van der Waals surface area contributed by atoms with E-state index in [-0.39, 0.29) is 0 Å². The Hall–Kier alpha value is -2.49. The van der Waals surface area contributed by atoms with E-state index in [1.165, 1.54) is 5.56 Å². The van der Waals surface area contributed by atoms with Gasteiger partial charge in [-0.2, -0.15) is 0 Å². The van der Waals surface area contributed by atoms with Gasteiger partial charge in [0.1, 0.15) is 5.75 Å².